The highest BCUT2D eigenvalue weighted by Gasteiger charge is 2.22. The van der Waals surface area contributed by atoms with Gasteiger partial charge in [-0.25, -0.2) is 0 Å². The van der Waals surface area contributed by atoms with Gasteiger partial charge in [0.15, 0.2) is 0 Å². The number of aromatic nitrogens is 1. The van der Waals surface area contributed by atoms with Crippen LogP contribution in [0, 0.1) is 0 Å². The van der Waals surface area contributed by atoms with Gasteiger partial charge in [-0.15, -0.1) is 0 Å². The minimum absolute atomic E-state index is 0.617. The highest BCUT2D eigenvalue weighted by atomic mass is 15.2. The molecule has 0 bridgehead atoms. The molecule has 0 aromatic carbocycles. The number of nitrogens with zero attached hydrogens (tertiary/aromatic N) is 1. The van der Waals surface area contributed by atoms with E-state index in [4.69, 9.17) is 0 Å². The van der Waals surface area contributed by atoms with Crippen molar-refractivity contribution in [2.45, 2.75) is 13.0 Å². The maximum atomic E-state index is 4.06. The Morgan fingerprint density at radius 2 is 1.93 bits per heavy atom. The molecule has 0 aliphatic carbocycles. The van der Waals surface area contributed by atoms with Crippen molar-refractivity contribution in [3.63, 3.8) is 0 Å². The number of rotatable bonds is 2. The molecule has 0 saturated carbocycles. The fourth-order valence-corrected chi connectivity index (χ4v) is 2.17. The Kier molecular flexibility index (Phi) is 3.11. The number of pyridine rings is 1. The van der Waals surface area contributed by atoms with Gasteiger partial charge in [0, 0.05) is 18.0 Å². The summed E-state index contributed by atoms with van der Waals surface area (Å²) < 4.78 is 0. The molecule has 3 N–H and O–H groups in total. The minimum Gasteiger partial charge on any atom is -0.337 e. The third kappa shape index (κ3) is 2.11. The van der Waals surface area contributed by atoms with Crippen molar-refractivity contribution in [2.24, 2.45) is 0 Å². The molecular formula is C11H19N3+2. The average Bonchev–Trinajstić information content (AvgIpc) is 2.30. The van der Waals surface area contributed by atoms with Crippen LogP contribution in [0.1, 0.15) is 18.5 Å². The van der Waals surface area contributed by atoms with Crippen LogP contribution < -0.4 is 10.2 Å². The molecule has 0 amide bonds. The number of hydrogen-bond donors (Lipinski definition) is 2. The molecule has 1 aliphatic rings. The number of hydrogen-bond acceptors (Lipinski definition) is 1. The van der Waals surface area contributed by atoms with Crippen molar-refractivity contribution in [1.82, 2.24) is 4.98 Å². The van der Waals surface area contributed by atoms with Crippen LogP contribution in [0.15, 0.2) is 24.5 Å². The molecule has 0 spiro atoms. The van der Waals surface area contributed by atoms with Crippen LogP contribution in [-0.4, -0.2) is 31.2 Å². The molecule has 0 radical (unpaired) electrons. The zero-order valence-corrected chi connectivity index (χ0v) is 8.74. The summed E-state index contributed by atoms with van der Waals surface area (Å²) >= 11 is 0. The Morgan fingerprint density at radius 1 is 1.29 bits per heavy atom. The number of quaternary nitrogens is 2. The zero-order chi connectivity index (χ0) is 9.80. The highest BCUT2D eigenvalue weighted by Crippen LogP contribution is 2.06. The summed E-state index contributed by atoms with van der Waals surface area (Å²) in [6.45, 7) is 7.42. The van der Waals surface area contributed by atoms with Crippen molar-refractivity contribution >= 4 is 0 Å². The summed E-state index contributed by atoms with van der Waals surface area (Å²) in [5.74, 6) is 0. The second-order valence-corrected chi connectivity index (χ2v) is 4.03. The molecule has 1 fully saturated rings. The Balaban J connectivity index is 2.03. The van der Waals surface area contributed by atoms with E-state index in [1.54, 1.807) is 4.90 Å². The first-order chi connectivity index (χ1) is 6.88. The maximum absolute atomic E-state index is 4.06. The quantitative estimate of drug-likeness (QED) is 0.595. The first-order valence-electron chi connectivity index (χ1n) is 5.44. The first-order valence-corrected chi connectivity index (χ1v) is 5.44. The van der Waals surface area contributed by atoms with Gasteiger partial charge in [-0.3, -0.25) is 4.98 Å². The second-order valence-electron chi connectivity index (χ2n) is 4.03. The van der Waals surface area contributed by atoms with Gasteiger partial charge in [0.2, 0.25) is 0 Å². The van der Waals surface area contributed by atoms with Crippen LogP contribution in [0.5, 0.6) is 0 Å². The standard InChI is InChI=1S/C11H17N3/c1-10(11-2-4-12-5-3-11)14-8-6-13-7-9-14/h2-5,10,13H,6-9H2,1H3/p+2/t10-/m1/s1. The lowest BCUT2D eigenvalue weighted by Crippen LogP contribution is -3.20. The molecule has 14 heavy (non-hydrogen) atoms. The van der Waals surface area contributed by atoms with E-state index in [9.17, 15) is 0 Å². The number of piperazine rings is 1. The van der Waals surface area contributed by atoms with E-state index in [0.717, 1.165) is 0 Å². The van der Waals surface area contributed by atoms with Crippen LogP contribution in [0.4, 0.5) is 0 Å². The van der Waals surface area contributed by atoms with Crippen LogP contribution in [0.3, 0.4) is 0 Å². The minimum atomic E-state index is 0.617. The lowest BCUT2D eigenvalue weighted by Gasteiger charge is -2.28. The summed E-state index contributed by atoms with van der Waals surface area (Å²) in [6.07, 6.45) is 3.78. The molecule has 0 unspecified atom stereocenters. The molecule has 76 valence electrons. The van der Waals surface area contributed by atoms with E-state index in [1.165, 1.54) is 31.7 Å². The molecule has 3 heteroatoms. The lowest BCUT2D eigenvalue weighted by molar-refractivity contribution is -0.970. The van der Waals surface area contributed by atoms with E-state index < -0.39 is 0 Å². The summed E-state index contributed by atoms with van der Waals surface area (Å²) in [7, 11) is 0. The Morgan fingerprint density at radius 3 is 2.57 bits per heavy atom. The summed E-state index contributed by atoms with van der Waals surface area (Å²) in [6, 6.07) is 4.89. The number of nitrogens with two attached hydrogens (primary N) is 1. The fraction of sp³-hybridized carbons (Fsp3) is 0.545. The van der Waals surface area contributed by atoms with Crippen LogP contribution in [0.25, 0.3) is 0 Å². The Hall–Kier alpha value is -0.930. The van der Waals surface area contributed by atoms with Gasteiger partial charge >= 0.3 is 0 Å². The van der Waals surface area contributed by atoms with E-state index in [1.807, 2.05) is 12.4 Å². The van der Waals surface area contributed by atoms with Crippen LogP contribution in [0.2, 0.25) is 0 Å². The van der Waals surface area contributed by atoms with Crippen molar-refractivity contribution in [2.75, 3.05) is 26.2 Å². The first kappa shape index (κ1) is 9.62. The normalized spacial score (nSPS) is 20.6. The monoisotopic (exact) mass is 193 g/mol. The molecule has 2 heterocycles. The second kappa shape index (κ2) is 4.53. The third-order valence-corrected chi connectivity index (χ3v) is 3.16. The van der Waals surface area contributed by atoms with E-state index in [0.29, 0.717) is 6.04 Å². The smallest absolute Gasteiger partial charge is 0.127 e. The zero-order valence-electron chi connectivity index (χ0n) is 8.74. The largest absolute Gasteiger partial charge is 0.337 e. The average molecular weight is 193 g/mol. The Labute approximate surface area is 85.1 Å². The van der Waals surface area contributed by atoms with E-state index >= 15 is 0 Å². The van der Waals surface area contributed by atoms with Crippen LogP contribution in [-0.2, 0) is 0 Å². The van der Waals surface area contributed by atoms with Crippen molar-refractivity contribution < 1.29 is 10.2 Å². The van der Waals surface area contributed by atoms with Gasteiger partial charge in [-0.2, -0.15) is 0 Å². The predicted octanol–water partition coefficient (Wildman–Crippen LogP) is -1.40. The van der Waals surface area contributed by atoms with Gasteiger partial charge in [0.1, 0.15) is 32.2 Å². The predicted molar refractivity (Wildman–Crippen MR) is 55.0 cm³/mol. The van der Waals surface area contributed by atoms with Crippen molar-refractivity contribution in [1.29, 1.82) is 0 Å². The van der Waals surface area contributed by atoms with Crippen LogP contribution >= 0.6 is 0 Å². The van der Waals surface area contributed by atoms with Gasteiger partial charge in [-0.05, 0) is 19.1 Å². The topological polar surface area (TPSA) is 33.9 Å². The van der Waals surface area contributed by atoms with E-state index in [2.05, 4.69) is 29.4 Å². The molecule has 1 atom stereocenters. The van der Waals surface area contributed by atoms with Crippen molar-refractivity contribution in [3.8, 4) is 0 Å². The maximum Gasteiger partial charge on any atom is 0.127 e. The highest BCUT2D eigenvalue weighted by molar-refractivity contribution is 5.11. The van der Waals surface area contributed by atoms with Gasteiger partial charge in [0.25, 0.3) is 0 Å². The van der Waals surface area contributed by atoms with Gasteiger partial charge in [-0.1, -0.05) is 0 Å². The fourth-order valence-electron chi connectivity index (χ4n) is 2.17. The molecule has 1 saturated heterocycles. The summed E-state index contributed by atoms with van der Waals surface area (Å²) in [5, 5.41) is 2.41. The molecule has 2 rings (SSSR count). The van der Waals surface area contributed by atoms with Crippen molar-refractivity contribution in [3.05, 3.63) is 30.1 Å². The Bertz CT molecular complexity index is 267. The number of nitrogens with one attached hydrogen (secondary N) is 1. The SMILES string of the molecule is C[C@H](c1ccncc1)[NH+]1CC[NH2+]CC1. The molecule has 1 aromatic heterocycles. The lowest BCUT2D eigenvalue weighted by atomic mass is 10.1. The molecular weight excluding hydrogens is 174 g/mol. The molecule has 1 aromatic rings. The molecule has 1 aliphatic heterocycles. The summed E-state index contributed by atoms with van der Waals surface area (Å²) in [4.78, 5) is 5.76. The third-order valence-electron chi connectivity index (χ3n) is 3.16. The molecule has 3 nitrogen and oxygen atoms in total. The van der Waals surface area contributed by atoms with Gasteiger partial charge in [0.05, 0.1) is 0 Å². The summed E-state index contributed by atoms with van der Waals surface area (Å²) in [5.41, 5.74) is 1.41. The van der Waals surface area contributed by atoms with Gasteiger partial charge < -0.3 is 10.2 Å². The van der Waals surface area contributed by atoms with E-state index in [-0.39, 0.29) is 0 Å².